The fraction of sp³-hybridized carbons (Fsp3) is 0.0769. The van der Waals surface area contributed by atoms with Gasteiger partial charge in [-0.3, -0.25) is 4.79 Å². The summed E-state index contributed by atoms with van der Waals surface area (Å²) in [5, 5.41) is 12.2. The van der Waals surface area contributed by atoms with Gasteiger partial charge in [0.05, 0.1) is 6.42 Å². The lowest BCUT2D eigenvalue weighted by Crippen LogP contribution is -2.18. The van der Waals surface area contributed by atoms with Gasteiger partial charge in [0.25, 0.3) is 0 Å². The molecule has 0 saturated carbocycles. The van der Waals surface area contributed by atoms with Crippen molar-refractivity contribution < 1.29 is 14.7 Å². The SMILES string of the molecule is O=C(Cc1ccc(Cl)cc1Cl)Nc1nccnc1C(=O)O. The van der Waals surface area contributed by atoms with Crippen LogP contribution in [0, 0.1) is 0 Å². The zero-order valence-electron chi connectivity index (χ0n) is 10.5. The Balaban J connectivity index is 2.14. The fourth-order valence-corrected chi connectivity index (χ4v) is 2.08. The molecule has 0 saturated heterocycles. The molecule has 2 N–H and O–H groups in total. The molecule has 0 aliphatic heterocycles. The van der Waals surface area contributed by atoms with Gasteiger partial charge in [0.1, 0.15) is 0 Å². The van der Waals surface area contributed by atoms with Crippen LogP contribution in [0.25, 0.3) is 0 Å². The summed E-state index contributed by atoms with van der Waals surface area (Å²) >= 11 is 11.7. The second-order valence-corrected chi connectivity index (χ2v) is 4.86. The molecule has 0 aliphatic carbocycles. The van der Waals surface area contributed by atoms with Crippen LogP contribution in [0.5, 0.6) is 0 Å². The molecule has 108 valence electrons. The van der Waals surface area contributed by atoms with Crippen LogP contribution in [-0.2, 0) is 11.2 Å². The molecular formula is C13H9Cl2N3O3. The molecule has 1 aromatic carbocycles. The minimum absolute atomic E-state index is 0.0361. The molecule has 2 rings (SSSR count). The van der Waals surface area contributed by atoms with E-state index in [4.69, 9.17) is 28.3 Å². The standard InChI is InChI=1S/C13H9Cl2N3O3/c14-8-2-1-7(9(15)6-8)5-10(19)18-12-11(13(20)21)16-3-4-17-12/h1-4,6H,5H2,(H,20,21)(H,17,18,19). The number of aromatic carboxylic acids is 1. The molecule has 0 bridgehead atoms. The van der Waals surface area contributed by atoms with Crippen molar-refractivity contribution in [1.29, 1.82) is 0 Å². The van der Waals surface area contributed by atoms with Crippen LogP contribution in [0.1, 0.15) is 16.1 Å². The molecule has 1 heterocycles. The molecule has 0 aliphatic rings. The smallest absolute Gasteiger partial charge is 0.358 e. The Bertz CT molecular complexity index is 707. The normalized spacial score (nSPS) is 10.2. The number of hydrogen-bond donors (Lipinski definition) is 2. The van der Waals surface area contributed by atoms with Crippen LogP contribution in [-0.4, -0.2) is 27.0 Å². The number of benzene rings is 1. The summed E-state index contributed by atoms with van der Waals surface area (Å²) in [4.78, 5) is 30.3. The highest BCUT2D eigenvalue weighted by atomic mass is 35.5. The number of hydrogen-bond acceptors (Lipinski definition) is 4. The number of carboxylic acid groups (broad SMARTS) is 1. The summed E-state index contributed by atoms with van der Waals surface area (Å²) < 4.78 is 0. The number of carbonyl (C=O) groups is 2. The number of nitrogens with one attached hydrogen (secondary N) is 1. The summed E-state index contributed by atoms with van der Waals surface area (Å²) in [6, 6.07) is 4.76. The lowest BCUT2D eigenvalue weighted by molar-refractivity contribution is -0.115. The number of halogens is 2. The van der Waals surface area contributed by atoms with Gasteiger partial charge < -0.3 is 10.4 Å². The first-order chi connectivity index (χ1) is 9.97. The third kappa shape index (κ3) is 3.90. The lowest BCUT2D eigenvalue weighted by Gasteiger charge is -2.07. The van der Waals surface area contributed by atoms with Gasteiger partial charge in [-0.15, -0.1) is 0 Å². The Hall–Kier alpha value is -2.18. The third-order valence-corrected chi connectivity index (χ3v) is 3.11. The van der Waals surface area contributed by atoms with Crippen LogP contribution >= 0.6 is 23.2 Å². The maximum Gasteiger partial charge on any atom is 0.358 e. The van der Waals surface area contributed by atoms with Crippen molar-refractivity contribution in [3.05, 3.63) is 51.9 Å². The van der Waals surface area contributed by atoms with Gasteiger partial charge in [-0.25, -0.2) is 14.8 Å². The Morgan fingerprint density at radius 3 is 2.57 bits per heavy atom. The van der Waals surface area contributed by atoms with Crippen molar-refractivity contribution in [3.8, 4) is 0 Å². The monoisotopic (exact) mass is 325 g/mol. The van der Waals surface area contributed by atoms with E-state index in [1.807, 2.05) is 0 Å². The molecule has 0 fully saturated rings. The summed E-state index contributed by atoms with van der Waals surface area (Å²) in [5.74, 6) is -1.84. The molecule has 0 unspecified atom stereocenters. The summed E-state index contributed by atoms with van der Waals surface area (Å²) in [5.41, 5.74) is 0.243. The number of nitrogens with zero attached hydrogens (tertiary/aromatic N) is 2. The molecule has 8 heteroatoms. The van der Waals surface area contributed by atoms with Crippen molar-refractivity contribution in [3.63, 3.8) is 0 Å². The summed E-state index contributed by atoms with van der Waals surface area (Å²) in [6.45, 7) is 0. The van der Waals surface area contributed by atoms with Crippen molar-refractivity contribution >= 4 is 40.9 Å². The molecule has 0 radical (unpaired) electrons. The van der Waals surface area contributed by atoms with E-state index in [0.29, 0.717) is 15.6 Å². The first-order valence-corrected chi connectivity index (χ1v) is 6.51. The minimum Gasteiger partial charge on any atom is -0.476 e. The van der Waals surface area contributed by atoms with E-state index in [-0.39, 0.29) is 17.9 Å². The molecule has 0 spiro atoms. The minimum atomic E-state index is -1.28. The number of anilines is 1. The highest BCUT2D eigenvalue weighted by Gasteiger charge is 2.15. The zero-order valence-corrected chi connectivity index (χ0v) is 12.0. The van der Waals surface area contributed by atoms with Crippen molar-refractivity contribution in [1.82, 2.24) is 9.97 Å². The highest BCUT2D eigenvalue weighted by molar-refractivity contribution is 6.35. The first-order valence-electron chi connectivity index (χ1n) is 5.75. The zero-order chi connectivity index (χ0) is 15.4. The van der Waals surface area contributed by atoms with Crippen molar-refractivity contribution in [2.75, 3.05) is 5.32 Å². The predicted molar refractivity (Wildman–Crippen MR) is 77.8 cm³/mol. The Morgan fingerprint density at radius 2 is 1.90 bits per heavy atom. The first kappa shape index (κ1) is 15.2. The largest absolute Gasteiger partial charge is 0.476 e. The van der Waals surface area contributed by atoms with Gasteiger partial charge in [0.15, 0.2) is 11.5 Å². The van der Waals surface area contributed by atoms with Gasteiger partial charge in [-0.2, -0.15) is 0 Å². The van der Waals surface area contributed by atoms with E-state index in [2.05, 4.69) is 15.3 Å². The summed E-state index contributed by atoms with van der Waals surface area (Å²) in [7, 11) is 0. The molecule has 2 aromatic rings. The molecule has 0 atom stereocenters. The number of amides is 1. The maximum absolute atomic E-state index is 11.9. The van der Waals surface area contributed by atoms with E-state index < -0.39 is 11.9 Å². The van der Waals surface area contributed by atoms with Crippen molar-refractivity contribution in [2.24, 2.45) is 0 Å². The Kier molecular flexibility index (Phi) is 4.72. The molecule has 21 heavy (non-hydrogen) atoms. The second-order valence-electron chi connectivity index (χ2n) is 4.02. The average molecular weight is 326 g/mol. The van der Waals surface area contributed by atoms with Crippen LogP contribution in [0.4, 0.5) is 5.82 Å². The molecular weight excluding hydrogens is 317 g/mol. The van der Waals surface area contributed by atoms with E-state index >= 15 is 0 Å². The van der Waals surface area contributed by atoms with E-state index in [0.717, 1.165) is 0 Å². The third-order valence-electron chi connectivity index (χ3n) is 2.52. The number of carboxylic acids is 1. The van der Waals surface area contributed by atoms with E-state index in [1.165, 1.54) is 18.5 Å². The van der Waals surface area contributed by atoms with Crippen LogP contribution < -0.4 is 5.32 Å². The van der Waals surface area contributed by atoms with Gasteiger partial charge in [0.2, 0.25) is 5.91 Å². The van der Waals surface area contributed by atoms with Crippen LogP contribution in [0.2, 0.25) is 10.0 Å². The molecule has 6 nitrogen and oxygen atoms in total. The van der Waals surface area contributed by atoms with Crippen LogP contribution in [0.3, 0.4) is 0 Å². The van der Waals surface area contributed by atoms with Gasteiger partial charge >= 0.3 is 5.97 Å². The quantitative estimate of drug-likeness (QED) is 0.901. The highest BCUT2D eigenvalue weighted by Crippen LogP contribution is 2.21. The number of rotatable bonds is 4. The lowest BCUT2D eigenvalue weighted by atomic mass is 10.1. The van der Waals surface area contributed by atoms with Gasteiger partial charge in [-0.1, -0.05) is 29.3 Å². The molecule has 1 aromatic heterocycles. The predicted octanol–water partition coefficient (Wildman–Crippen LogP) is 2.66. The Morgan fingerprint density at radius 1 is 1.19 bits per heavy atom. The van der Waals surface area contributed by atoms with Crippen LogP contribution in [0.15, 0.2) is 30.6 Å². The van der Waals surface area contributed by atoms with E-state index in [1.54, 1.807) is 12.1 Å². The van der Waals surface area contributed by atoms with Gasteiger partial charge in [-0.05, 0) is 17.7 Å². The van der Waals surface area contributed by atoms with E-state index in [9.17, 15) is 9.59 Å². The second kappa shape index (κ2) is 6.51. The molecule has 1 amide bonds. The number of aromatic nitrogens is 2. The maximum atomic E-state index is 11.9. The Labute approximate surface area is 129 Å². The topological polar surface area (TPSA) is 92.2 Å². The van der Waals surface area contributed by atoms with Crippen molar-refractivity contribution in [2.45, 2.75) is 6.42 Å². The summed E-state index contributed by atoms with van der Waals surface area (Å²) in [6.07, 6.45) is 2.48. The average Bonchev–Trinajstić information content (AvgIpc) is 2.42. The number of carbonyl (C=O) groups excluding carboxylic acids is 1. The van der Waals surface area contributed by atoms with Gasteiger partial charge in [0, 0.05) is 22.4 Å². The fourth-order valence-electron chi connectivity index (χ4n) is 1.60.